The van der Waals surface area contributed by atoms with E-state index < -0.39 is 34.1 Å². The van der Waals surface area contributed by atoms with E-state index in [9.17, 15) is 18.0 Å². The van der Waals surface area contributed by atoms with Gasteiger partial charge in [-0.15, -0.1) is 0 Å². The van der Waals surface area contributed by atoms with Gasteiger partial charge in [-0.3, -0.25) is 13.9 Å². The van der Waals surface area contributed by atoms with E-state index in [2.05, 4.69) is 5.32 Å². The Labute approximate surface area is 209 Å². The maximum atomic E-state index is 13.7. The number of hydrogen-bond donors (Lipinski definition) is 1. The van der Waals surface area contributed by atoms with Gasteiger partial charge >= 0.3 is 0 Å². The fraction of sp³-hybridized carbons (Fsp3) is 0.462. The van der Waals surface area contributed by atoms with Crippen molar-refractivity contribution in [3.05, 3.63) is 59.7 Å². The molecule has 1 atom stereocenters. The summed E-state index contributed by atoms with van der Waals surface area (Å²) in [5.41, 5.74) is 1.74. The molecule has 2 amide bonds. The summed E-state index contributed by atoms with van der Waals surface area (Å²) in [6.45, 7) is 9.15. The van der Waals surface area contributed by atoms with E-state index in [1.807, 2.05) is 58.9 Å². The quantitative estimate of drug-likeness (QED) is 0.535. The minimum atomic E-state index is -3.78. The minimum absolute atomic E-state index is 0.177. The smallest absolute Gasteiger partial charge is 0.244 e. The summed E-state index contributed by atoms with van der Waals surface area (Å²) >= 11 is 0. The highest BCUT2D eigenvalue weighted by Crippen LogP contribution is 2.23. The maximum absolute atomic E-state index is 13.7. The summed E-state index contributed by atoms with van der Waals surface area (Å²) in [5.74, 6) is -0.181. The molecule has 0 aromatic heterocycles. The summed E-state index contributed by atoms with van der Waals surface area (Å²) < 4.78 is 31.5. The van der Waals surface area contributed by atoms with Crippen molar-refractivity contribution in [1.82, 2.24) is 10.2 Å². The second kappa shape index (κ2) is 11.6. The summed E-state index contributed by atoms with van der Waals surface area (Å²) in [4.78, 5) is 28.3. The molecule has 0 saturated carbocycles. The van der Waals surface area contributed by atoms with E-state index in [1.54, 1.807) is 24.3 Å². The van der Waals surface area contributed by atoms with Crippen molar-refractivity contribution in [1.29, 1.82) is 0 Å². The first-order valence-corrected chi connectivity index (χ1v) is 13.4. The second-order valence-corrected chi connectivity index (χ2v) is 11.5. The zero-order valence-electron chi connectivity index (χ0n) is 21.7. The molecule has 2 aromatic rings. The third-order valence-electron chi connectivity index (χ3n) is 5.36. The third kappa shape index (κ3) is 8.28. The molecule has 9 heteroatoms. The molecule has 0 aliphatic carbocycles. The molecular weight excluding hydrogens is 466 g/mol. The number of methoxy groups -OCH3 is 1. The molecule has 0 fully saturated rings. The van der Waals surface area contributed by atoms with Crippen molar-refractivity contribution >= 4 is 27.5 Å². The number of benzene rings is 2. The molecule has 0 bridgehead atoms. The van der Waals surface area contributed by atoms with Crippen molar-refractivity contribution in [2.75, 3.05) is 24.2 Å². The Morgan fingerprint density at radius 3 is 2.20 bits per heavy atom. The first-order chi connectivity index (χ1) is 16.2. The molecular formula is C26H37N3O5S. The number of amides is 2. The van der Waals surface area contributed by atoms with Crippen LogP contribution in [-0.2, 0) is 26.2 Å². The van der Waals surface area contributed by atoms with E-state index in [0.717, 1.165) is 21.7 Å². The average molecular weight is 504 g/mol. The maximum Gasteiger partial charge on any atom is 0.244 e. The van der Waals surface area contributed by atoms with Crippen LogP contribution in [0.5, 0.6) is 5.75 Å². The Bertz CT molecular complexity index is 1120. The number of carbonyl (C=O) groups excluding carboxylic acids is 2. The number of hydrogen-bond acceptors (Lipinski definition) is 5. The summed E-state index contributed by atoms with van der Waals surface area (Å²) in [6, 6.07) is 13.4. The van der Waals surface area contributed by atoms with E-state index in [-0.39, 0.29) is 12.5 Å². The van der Waals surface area contributed by atoms with Crippen molar-refractivity contribution in [3.63, 3.8) is 0 Å². The van der Waals surface area contributed by atoms with Crippen molar-refractivity contribution in [2.24, 2.45) is 0 Å². The van der Waals surface area contributed by atoms with Crippen molar-refractivity contribution in [3.8, 4) is 5.75 Å². The van der Waals surface area contributed by atoms with Gasteiger partial charge in [0.25, 0.3) is 0 Å². The normalized spacial score (nSPS) is 12.5. The molecule has 0 aliphatic heterocycles. The van der Waals surface area contributed by atoms with Gasteiger partial charge in [0.2, 0.25) is 21.8 Å². The third-order valence-corrected chi connectivity index (χ3v) is 6.50. The Kier molecular flexibility index (Phi) is 9.31. The lowest BCUT2D eigenvalue weighted by Gasteiger charge is -2.34. The highest BCUT2D eigenvalue weighted by Gasteiger charge is 2.33. The number of ether oxygens (including phenoxy) is 1. The minimum Gasteiger partial charge on any atom is -0.497 e. The predicted molar refractivity (Wildman–Crippen MR) is 139 cm³/mol. The van der Waals surface area contributed by atoms with Gasteiger partial charge in [-0.05, 0) is 63.9 Å². The second-order valence-electron chi connectivity index (χ2n) is 9.64. The van der Waals surface area contributed by atoms with Gasteiger partial charge in [-0.25, -0.2) is 8.42 Å². The molecule has 192 valence electrons. The van der Waals surface area contributed by atoms with Gasteiger partial charge in [0.15, 0.2) is 0 Å². The fourth-order valence-corrected chi connectivity index (χ4v) is 4.59. The summed E-state index contributed by atoms with van der Waals surface area (Å²) in [6.07, 6.45) is 1.43. The Morgan fingerprint density at radius 2 is 1.71 bits per heavy atom. The van der Waals surface area contributed by atoms with Gasteiger partial charge in [-0.2, -0.15) is 0 Å². The van der Waals surface area contributed by atoms with Crippen LogP contribution < -0.4 is 14.4 Å². The van der Waals surface area contributed by atoms with Crippen LogP contribution in [0.3, 0.4) is 0 Å². The molecule has 1 unspecified atom stereocenters. The van der Waals surface area contributed by atoms with Gasteiger partial charge in [-0.1, -0.05) is 36.8 Å². The van der Waals surface area contributed by atoms with Crippen LogP contribution in [0.25, 0.3) is 0 Å². The number of sulfonamides is 1. The number of carbonyl (C=O) groups is 2. The first-order valence-electron chi connectivity index (χ1n) is 11.5. The van der Waals surface area contributed by atoms with Gasteiger partial charge in [0.1, 0.15) is 18.3 Å². The lowest BCUT2D eigenvalue weighted by Crippen LogP contribution is -2.55. The number of anilines is 1. The lowest BCUT2D eigenvalue weighted by molar-refractivity contribution is -0.141. The number of rotatable bonds is 10. The molecule has 2 rings (SSSR count). The van der Waals surface area contributed by atoms with Crippen LogP contribution in [0.2, 0.25) is 0 Å². The molecule has 35 heavy (non-hydrogen) atoms. The predicted octanol–water partition coefficient (Wildman–Crippen LogP) is 3.49. The summed E-state index contributed by atoms with van der Waals surface area (Å²) in [7, 11) is -2.27. The van der Waals surface area contributed by atoms with E-state index in [1.165, 1.54) is 12.0 Å². The first kappa shape index (κ1) is 28.2. The fourth-order valence-electron chi connectivity index (χ4n) is 3.74. The summed E-state index contributed by atoms with van der Waals surface area (Å²) in [5, 5.41) is 2.95. The van der Waals surface area contributed by atoms with Crippen LogP contribution in [0.4, 0.5) is 5.69 Å². The lowest BCUT2D eigenvalue weighted by atomic mass is 10.0. The van der Waals surface area contributed by atoms with E-state index in [4.69, 9.17) is 4.74 Å². The van der Waals surface area contributed by atoms with Gasteiger partial charge in [0.05, 0.1) is 19.1 Å². The van der Waals surface area contributed by atoms with E-state index >= 15 is 0 Å². The van der Waals surface area contributed by atoms with Gasteiger partial charge in [0, 0.05) is 12.1 Å². The topological polar surface area (TPSA) is 96.0 Å². The molecule has 0 spiro atoms. The zero-order valence-corrected chi connectivity index (χ0v) is 22.5. The molecule has 2 aromatic carbocycles. The van der Waals surface area contributed by atoms with Crippen LogP contribution in [-0.4, -0.2) is 56.6 Å². The molecule has 8 nitrogen and oxygen atoms in total. The zero-order chi connectivity index (χ0) is 26.4. The highest BCUT2D eigenvalue weighted by molar-refractivity contribution is 7.92. The largest absolute Gasteiger partial charge is 0.497 e. The standard InChI is InChI=1S/C26H37N3O5S/c1-8-23(25(31)27-26(3,4)5)28(17-20-11-9-10-19(2)16-20)24(30)18-29(35(7,32)33)21-12-14-22(34-6)15-13-21/h9-16,23H,8,17-18H2,1-7H3,(H,27,31). The molecule has 0 aliphatic rings. The molecule has 0 heterocycles. The Hall–Kier alpha value is -3.07. The SMILES string of the molecule is CCC(C(=O)NC(C)(C)C)N(Cc1cccc(C)c1)C(=O)CN(c1ccc(OC)cc1)S(C)(=O)=O. The molecule has 1 N–H and O–H groups in total. The molecule has 0 radical (unpaired) electrons. The van der Waals surface area contributed by atoms with Gasteiger partial charge < -0.3 is 15.0 Å². The average Bonchev–Trinajstić information content (AvgIpc) is 2.75. The van der Waals surface area contributed by atoms with Crippen LogP contribution in [0.1, 0.15) is 45.2 Å². The van der Waals surface area contributed by atoms with Crippen LogP contribution in [0.15, 0.2) is 48.5 Å². The number of nitrogens with one attached hydrogen (secondary N) is 1. The Morgan fingerprint density at radius 1 is 1.09 bits per heavy atom. The Balaban J connectivity index is 2.45. The van der Waals surface area contributed by atoms with Crippen molar-refractivity contribution < 1.29 is 22.7 Å². The highest BCUT2D eigenvalue weighted by atomic mass is 32.2. The van der Waals surface area contributed by atoms with Crippen molar-refractivity contribution in [2.45, 2.75) is 59.2 Å². The van der Waals surface area contributed by atoms with Crippen LogP contribution in [0, 0.1) is 6.92 Å². The number of nitrogens with zero attached hydrogens (tertiary/aromatic N) is 2. The van der Waals surface area contributed by atoms with Crippen LogP contribution >= 0.6 is 0 Å². The monoisotopic (exact) mass is 503 g/mol. The van der Waals surface area contributed by atoms with E-state index in [0.29, 0.717) is 17.9 Å². The molecule has 0 saturated heterocycles. The number of aryl methyl sites for hydroxylation is 1.